The number of carbonyl (C=O) groups is 2. The highest BCUT2D eigenvalue weighted by molar-refractivity contribution is 7.87. The first-order valence-corrected chi connectivity index (χ1v) is 10.2. The fourth-order valence-corrected chi connectivity index (χ4v) is 3.63. The summed E-state index contributed by atoms with van der Waals surface area (Å²) in [5.74, 6) is -1.28. The van der Waals surface area contributed by atoms with E-state index in [0.717, 1.165) is 0 Å². The van der Waals surface area contributed by atoms with Crippen LogP contribution < -0.4 is 19.6 Å². The van der Waals surface area contributed by atoms with E-state index in [-0.39, 0.29) is 27.1 Å². The molecule has 11 heteroatoms. The number of rotatable bonds is 5. The SMILES string of the molecule is COc1cc(C=C2C(=O)NC(=S)NC2=O)ccc1OS(=O)(=O)c1ccc(Cl)cc1. The molecule has 0 unspecified atom stereocenters. The molecule has 8 nitrogen and oxygen atoms in total. The van der Waals surface area contributed by atoms with Crippen LogP contribution in [0.15, 0.2) is 52.9 Å². The number of carbonyl (C=O) groups excluding carboxylic acids is 2. The molecule has 2 aromatic carbocycles. The van der Waals surface area contributed by atoms with Crippen LogP contribution in [0.2, 0.25) is 5.02 Å². The van der Waals surface area contributed by atoms with Crippen molar-refractivity contribution < 1.29 is 26.9 Å². The topological polar surface area (TPSA) is 111 Å². The lowest BCUT2D eigenvalue weighted by atomic mass is 10.1. The molecule has 1 fully saturated rings. The lowest BCUT2D eigenvalue weighted by Gasteiger charge is -2.16. The van der Waals surface area contributed by atoms with Gasteiger partial charge in [-0.3, -0.25) is 20.2 Å². The van der Waals surface area contributed by atoms with E-state index in [1.807, 2.05) is 0 Å². The van der Waals surface area contributed by atoms with E-state index in [9.17, 15) is 18.0 Å². The first-order chi connectivity index (χ1) is 13.7. The molecule has 0 saturated carbocycles. The normalized spacial score (nSPS) is 14.1. The lowest BCUT2D eigenvalue weighted by molar-refractivity contribution is -0.123. The molecule has 0 radical (unpaired) electrons. The molecule has 1 aliphatic heterocycles. The van der Waals surface area contributed by atoms with Crippen LogP contribution in [0.1, 0.15) is 5.56 Å². The zero-order valence-corrected chi connectivity index (χ0v) is 17.2. The fourth-order valence-electron chi connectivity index (χ4n) is 2.38. The van der Waals surface area contributed by atoms with Gasteiger partial charge in [0.15, 0.2) is 16.6 Å². The van der Waals surface area contributed by atoms with Gasteiger partial charge in [0, 0.05) is 5.02 Å². The second-order valence-electron chi connectivity index (χ2n) is 5.70. The maximum Gasteiger partial charge on any atom is 0.339 e. The number of methoxy groups -OCH3 is 1. The highest BCUT2D eigenvalue weighted by Gasteiger charge is 2.26. The molecule has 29 heavy (non-hydrogen) atoms. The second kappa shape index (κ2) is 8.19. The minimum absolute atomic E-state index is 0.0664. The Bertz CT molecular complexity index is 1120. The third-order valence-corrected chi connectivity index (χ3v) is 5.45. The zero-order valence-electron chi connectivity index (χ0n) is 14.8. The van der Waals surface area contributed by atoms with E-state index in [1.54, 1.807) is 0 Å². The zero-order chi connectivity index (χ0) is 21.2. The average Bonchev–Trinajstić information content (AvgIpc) is 2.65. The van der Waals surface area contributed by atoms with Gasteiger partial charge < -0.3 is 8.92 Å². The maximum atomic E-state index is 12.4. The summed E-state index contributed by atoms with van der Waals surface area (Å²) in [5.41, 5.74) is 0.245. The van der Waals surface area contributed by atoms with Crippen molar-refractivity contribution in [2.75, 3.05) is 7.11 Å². The number of hydrogen-bond donors (Lipinski definition) is 2. The van der Waals surface area contributed by atoms with Gasteiger partial charge in [-0.05, 0) is 60.3 Å². The summed E-state index contributed by atoms with van der Waals surface area (Å²) < 4.78 is 35.2. The van der Waals surface area contributed by atoms with E-state index in [4.69, 9.17) is 32.7 Å². The molecule has 2 aromatic rings. The number of ether oxygens (including phenoxy) is 1. The second-order valence-corrected chi connectivity index (χ2v) is 8.09. The largest absolute Gasteiger partial charge is 0.493 e. The Morgan fingerprint density at radius 2 is 1.62 bits per heavy atom. The van der Waals surface area contributed by atoms with Crippen molar-refractivity contribution in [2.45, 2.75) is 4.90 Å². The van der Waals surface area contributed by atoms with Crippen LogP contribution >= 0.6 is 23.8 Å². The molecule has 0 atom stereocenters. The lowest BCUT2D eigenvalue weighted by Crippen LogP contribution is -2.51. The van der Waals surface area contributed by atoms with Crippen molar-refractivity contribution in [1.29, 1.82) is 0 Å². The van der Waals surface area contributed by atoms with Crippen molar-refractivity contribution in [1.82, 2.24) is 10.6 Å². The molecule has 0 bridgehead atoms. The summed E-state index contributed by atoms with van der Waals surface area (Å²) in [7, 11) is -2.80. The van der Waals surface area contributed by atoms with Crippen molar-refractivity contribution in [3.8, 4) is 11.5 Å². The van der Waals surface area contributed by atoms with Gasteiger partial charge in [0.1, 0.15) is 10.5 Å². The molecule has 3 rings (SSSR count). The number of benzene rings is 2. The first-order valence-electron chi connectivity index (χ1n) is 7.96. The maximum absolute atomic E-state index is 12.4. The first kappa shape index (κ1) is 20.8. The minimum Gasteiger partial charge on any atom is -0.493 e. The molecule has 1 heterocycles. The van der Waals surface area contributed by atoms with E-state index in [0.29, 0.717) is 10.6 Å². The summed E-state index contributed by atoms with van der Waals surface area (Å²) in [6, 6.07) is 9.72. The van der Waals surface area contributed by atoms with E-state index < -0.39 is 21.9 Å². The monoisotopic (exact) mass is 452 g/mol. The molecule has 2 N–H and O–H groups in total. The summed E-state index contributed by atoms with van der Waals surface area (Å²) in [6.45, 7) is 0. The number of halogens is 1. The Morgan fingerprint density at radius 1 is 1.00 bits per heavy atom. The summed E-state index contributed by atoms with van der Waals surface area (Å²) >= 11 is 10.5. The van der Waals surface area contributed by atoms with Gasteiger partial charge in [-0.25, -0.2) is 0 Å². The minimum atomic E-state index is -4.12. The quantitative estimate of drug-likeness (QED) is 0.309. The van der Waals surface area contributed by atoms with Gasteiger partial charge in [-0.15, -0.1) is 0 Å². The Kier molecular flexibility index (Phi) is 5.87. The third-order valence-electron chi connectivity index (χ3n) is 3.74. The van der Waals surface area contributed by atoms with E-state index in [2.05, 4.69) is 10.6 Å². The van der Waals surface area contributed by atoms with Gasteiger partial charge in [-0.1, -0.05) is 17.7 Å². The highest BCUT2D eigenvalue weighted by atomic mass is 35.5. The van der Waals surface area contributed by atoms with Crippen molar-refractivity contribution in [3.63, 3.8) is 0 Å². The van der Waals surface area contributed by atoms with Gasteiger partial charge in [0.05, 0.1) is 7.11 Å². The van der Waals surface area contributed by atoms with Gasteiger partial charge >= 0.3 is 10.1 Å². The van der Waals surface area contributed by atoms with Crippen LogP contribution in [0, 0.1) is 0 Å². The third kappa shape index (κ3) is 4.73. The smallest absolute Gasteiger partial charge is 0.339 e. The Hall–Kier alpha value is -2.95. The van der Waals surface area contributed by atoms with Crippen LogP contribution in [-0.4, -0.2) is 32.5 Å². The molecule has 0 spiro atoms. The number of hydrogen-bond acceptors (Lipinski definition) is 7. The van der Waals surface area contributed by atoms with Crippen molar-refractivity contribution in [3.05, 3.63) is 58.6 Å². The Labute approximate surface area is 176 Å². The molecular formula is C18H13ClN2O6S2. The fraction of sp³-hybridized carbons (Fsp3) is 0.0556. The Balaban J connectivity index is 1.90. The summed E-state index contributed by atoms with van der Waals surface area (Å²) in [5, 5.41) is 4.95. The number of nitrogens with one attached hydrogen (secondary N) is 2. The van der Waals surface area contributed by atoms with E-state index >= 15 is 0 Å². The van der Waals surface area contributed by atoms with E-state index in [1.165, 1.54) is 55.7 Å². The van der Waals surface area contributed by atoms with Crippen LogP contribution in [0.5, 0.6) is 11.5 Å². The highest BCUT2D eigenvalue weighted by Crippen LogP contribution is 2.31. The number of amides is 2. The number of thiocarbonyl (C=S) groups is 1. The molecule has 2 amide bonds. The molecule has 1 aliphatic rings. The van der Waals surface area contributed by atoms with Crippen molar-refractivity contribution in [2.24, 2.45) is 0 Å². The summed E-state index contributed by atoms with van der Waals surface area (Å²) in [4.78, 5) is 23.8. The Morgan fingerprint density at radius 3 is 2.21 bits per heavy atom. The van der Waals surface area contributed by atoms with Gasteiger partial charge in [0.2, 0.25) is 0 Å². The van der Waals surface area contributed by atoms with Gasteiger partial charge in [-0.2, -0.15) is 8.42 Å². The van der Waals surface area contributed by atoms with Gasteiger partial charge in [0.25, 0.3) is 11.8 Å². The van der Waals surface area contributed by atoms with Crippen LogP contribution in [-0.2, 0) is 19.7 Å². The molecular weight excluding hydrogens is 440 g/mol. The molecule has 150 valence electrons. The predicted molar refractivity (Wildman–Crippen MR) is 109 cm³/mol. The molecule has 0 aromatic heterocycles. The summed E-state index contributed by atoms with van der Waals surface area (Å²) in [6.07, 6.45) is 1.31. The van der Waals surface area contributed by atoms with Crippen LogP contribution in [0.3, 0.4) is 0 Å². The van der Waals surface area contributed by atoms with Crippen LogP contribution in [0.25, 0.3) is 6.08 Å². The van der Waals surface area contributed by atoms with Crippen LogP contribution in [0.4, 0.5) is 0 Å². The standard InChI is InChI=1S/C18H13ClN2O6S2/c1-26-15-9-10(8-13-16(22)20-18(28)21-17(13)23)2-7-14(15)27-29(24,25)12-5-3-11(19)4-6-12/h2-9H,1H3,(H2,20,21,22,23,28). The molecule has 1 saturated heterocycles. The average molecular weight is 453 g/mol. The predicted octanol–water partition coefficient (Wildman–Crippen LogP) is 2.03. The molecule has 0 aliphatic carbocycles. The van der Waals surface area contributed by atoms with Crippen molar-refractivity contribution >= 4 is 56.9 Å².